The molecular formula is C17H20N4O. The largest absolute Gasteiger partial charge is 0.353 e. The van der Waals surface area contributed by atoms with Crippen LogP contribution in [0, 0.1) is 6.92 Å². The number of hydrogen-bond acceptors (Lipinski definition) is 3. The number of rotatable bonds is 2. The maximum Gasteiger partial charge on any atom is 0.321 e. The molecule has 2 heterocycles. The van der Waals surface area contributed by atoms with E-state index in [0.29, 0.717) is 13.1 Å². The fraction of sp³-hybridized carbons (Fsp3) is 0.294. The van der Waals surface area contributed by atoms with Gasteiger partial charge in [0.05, 0.1) is 0 Å². The topological polar surface area (TPSA) is 48.5 Å². The number of amides is 2. The molecule has 5 nitrogen and oxygen atoms in total. The van der Waals surface area contributed by atoms with Crippen molar-refractivity contribution in [2.24, 2.45) is 0 Å². The minimum Gasteiger partial charge on any atom is -0.353 e. The molecule has 114 valence electrons. The molecule has 3 rings (SSSR count). The van der Waals surface area contributed by atoms with E-state index in [1.54, 1.807) is 6.20 Å². The van der Waals surface area contributed by atoms with E-state index in [2.05, 4.69) is 15.2 Å². The first-order chi connectivity index (χ1) is 10.7. The Morgan fingerprint density at radius 3 is 2.59 bits per heavy atom. The van der Waals surface area contributed by atoms with Crippen molar-refractivity contribution in [3.05, 3.63) is 54.2 Å². The van der Waals surface area contributed by atoms with Crippen LogP contribution in [0.1, 0.15) is 5.56 Å². The van der Waals surface area contributed by atoms with Crippen molar-refractivity contribution in [1.29, 1.82) is 0 Å². The number of pyridine rings is 1. The molecule has 1 aromatic carbocycles. The van der Waals surface area contributed by atoms with Crippen LogP contribution >= 0.6 is 0 Å². The summed E-state index contributed by atoms with van der Waals surface area (Å²) in [7, 11) is 0. The van der Waals surface area contributed by atoms with Gasteiger partial charge in [-0.2, -0.15) is 0 Å². The summed E-state index contributed by atoms with van der Waals surface area (Å²) in [6.45, 7) is 5.03. The Balaban J connectivity index is 1.56. The molecule has 0 aliphatic carbocycles. The van der Waals surface area contributed by atoms with Crippen LogP contribution in [0.2, 0.25) is 0 Å². The normalized spacial score (nSPS) is 14.8. The van der Waals surface area contributed by atoms with Crippen LogP contribution in [-0.4, -0.2) is 42.1 Å². The molecular weight excluding hydrogens is 276 g/mol. The second kappa shape index (κ2) is 6.47. The first-order valence-corrected chi connectivity index (χ1v) is 7.51. The van der Waals surface area contributed by atoms with Gasteiger partial charge in [-0.1, -0.05) is 18.2 Å². The molecule has 0 bridgehead atoms. The molecule has 0 saturated carbocycles. The Kier molecular flexibility index (Phi) is 4.23. The van der Waals surface area contributed by atoms with Gasteiger partial charge in [0, 0.05) is 38.1 Å². The molecule has 1 fully saturated rings. The molecule has 2 aromatic rings. The van der Waals surface area contributed by atoms with E-state index < -0.39 is 0 Å². The van der Waals surface area contributed by atoms with E-state index in [1.165, 1.54) is 0 Å². The highest BCUT2D eigenvalue weighted by atomic mass is 16.2. The molecule has 0 radical (unpaired) electrons. The second-order valence-electron chi connectivity index (χ2n) is 5.46. The van der Waals surface area contributed by atoms with E-state index in [-0.39, 0.29) is 6.03 Å². The van der Waals surface area contributed by atoms with Crippen molar-refractivity contribution in [1.82, 2.24) is 9.88 Å². The van der Waals surface area contributed by atoms with Crippen molar-refractivity contribution in [2.75, 3.05) is 36.4 Å². The van der Waals surface area contributed by atoms with Crippen LogP contribution in [0.4, 0.5) is 16.3 Å². The summed E-state index contributed by atoms with van der Waals surface area (Å²) in [5.74, 6) is 0.973. The summed E-state index contributed by atoms with van der Waals surface area (Å²) < 4.78 is 0. The quantitative estimate of drug-likeness (QED) is 0.927. The van der Waals surface area contributed by atoms with Gasteiger partial charge in [0.15, 0.2) is 0 Å². The van der Waals surface area contributed by atoms with E-state index in [0.717, 1.165) is 30.2 Å². The summed E-state index contributed by atoms with van der Waals surface area (Å²) in [6, 6.07) is 13.7. The van der Waals surface area contributed by atoms with Gasteiger partial charge in [-0.3, -0.25) is 0 Å². The number of nitrogens with one attached hydrogen (secondary N) is 1. The second-order valence-corrected chi connectivity index (χ2v) is 5.46. The lowest BCUT2D eigenvalue weighted by Gasteiger charge is -2.35. The Morgan fingerprint density at radius 1 is 1.09 bits per heavy atom. The Morgan fingerprint density at radius 2 is 1.91 bits per heavy atom. The summed E-state index contributed by atoms with van der Waals surface area (Å²) in [4.78, 5) is 20.7. The molecule has 5 heteroatoms. The molecule has 1 N–H and O–H groups in total. The third-order valence-corrected chi connectivity index (χ3v) is 3.81. The smallest absolute Gasteiger partial charge is 0.321 e. The third-order valence-electron chi connectivity index (χ3n) is 3.81. The monoisotopic (exact) mass is 296 g/mol. The maximum atomic E-state index is 12.3. The van der Waals surface area contributed by atoms with Gasteiger partial charge >= 0.3 is 6.03 Å². The van der Waals surface area contributed by atoms with Gasteiger partial charge in [0.1, 0.15) is 5.82 Å². The van der Waals surface area contributed by atoms with Crippen molar-refractivity contribution in [3.63, 3.8) is 0 Å². The van der Waals surface area contributed by atoms with Crippen LogP contribution in [0.25, 0.3) is 0 Å². The zero-order chi connectivity index (χ0) is 15.4. The number of carbonyl (C=O) groups is 1. The van der Waals surface area contributed by atoms with Gasteiger partial charge in [-0.25, -0.2) is 9.78 Å². The van der Waals surface area contributed by atoms with Crippen LogP contribution in [0.3, 0.4) is 0 Å². The van der Waals surface area contributed by atoms with Crippen molar-refractivity contribution >= 4 is 17.5 Å². The third kappa shape index (κ3) is 3.36. The minimum atomic E-state index is -0.0359. The average molecular weight is 296 g/mol. The number of hydrogen-bond donors (Lipinski definition) is 1. The standard InChI is InChI=1S/C17H20N4O/c1-14-5-4-6-15(13-14)19-17(22)21-11-9-20(10-12-21)16-7-2-3-8-18-16/h2-8,13H,9-12H2,1H3,(H,19,22). The molecule has 1 aliphatic rings. The van der Waals surface area contributed by atoms with Crippen LogP contribution in [0.5, 0.6) is 0 Å². The summed E-state index contributed by atoms with van der Waals surface area (Å²) >= 11 is 0. The highest BCUT2D eigenvalue weighted by molar-refractivity contribution is 5.89. The molecule has 2 amide bonds. The molecule has 1 aromatic heterocycles. The summed E-state index contributed by atoms with van der Waals surface area (Å²) in [5.41, 5.74) is 1.98. The Labute approximate surface area is 130 Å². The van der Waals surface area contributed by atoms with Crippen LogP contribution in [-0.2, 0) is 0 Å². The van der Waals surface area contributed by atoms with Gasteiger partial charge in [-0.05, 0) is 36.8 Å². The Bertz CT molecular complexity index is 636. The maximum absolute atomic E-state index is 12.3. The minimum absolute atomic E-state index is 0.0359. The highest BCUT2D eigenvalue weighted by Gasteiger charge is 2.21. The highest BCUT2D eigenvalue weighted by Crippen LogP contribution is 2.14. The molecule has 0 unspecified atom stereocenters. The number of anilines is 2. The Hall–Kier alpha value is -2.56. The number of aryl methyl sites for hydroxylation is 1. The van der Waals surface area contributed by atoms with Crippen molar-refractivity contribution in [3.8, 4) is 0 Å². The van der Waals surface area contributed by atoms with Crippen LogP contribution < -0.4 is 10.2 Å². The molecule has 0 atom stereocenters. The lowest BCUT2D eigenvalue weighted by Crippen LogP contribution is -2.50. The first kappa shape index (κ1) is 14.4. The molecule has 0 spiro atoms. The van der Waals surface area contributed by atoms with Gasteiger partial charge in [0.25, 0.3) is 0 Å². The van der Waals surface area contributed by atoms with Gasteiger partial charge in [-0.15, -0.1) is 0 Å². The molecule has 1 aliphatic heterocycles. The molecule has 22 heavy (non-hydrogen) atoms. The lowest BCUT2D eigenvalue weighted by molar-refractivity contribution is 0.208. The number of nitrogens with zero attached hydrogens (tertiary/aromatic N) is 3. The van der Waals surface area contributed by atoms with Crippen molar-refractivity contribution < 1.29 is 4.79 Å². The fourth-order valence-electron chi connectivity index (χ4n) is 2.60. The van der Waals surface area contributed by atoms with Crippen LogP contribution in [0.15, 0.2) is 48.7 Å². The molecule has 1 saturated heterocycles. The summed E-state index contributed by atoms with van der Waals surface area (Å²) in [5, 5.41) is 2.96. The predicted octanol–water partition coefficient (Wildman–Crippen LogP) is 2.74. The number of aromatic nitrogens is 1. The van der Waals surface area contributed by atoms with Gasteiger partial charge in [0.2, 0.25) is 0 Å². The van der Waals surface area contributed by atoms with E-state index in [4.69, 9.17) is 0 Å². The van der Waals surface area contributed by atoms with Crippen molar-refractivity contribution in [2.45, 2.75) is 6.92 Å². The number of carbonyl (C=O) groups excluding carboxylic acids is 1. The number of urea groups is 1. The zero-order valence-electron chi connectivity index (χ0n) is 12.7. The summed E-state index contributed by atoms with van der Waals surface area (Å²) in [6.07, 6.45) is 1.80. The van der Waals surface area contributed by atoms with Gasteiger partial charge < -0.3 is 15.1 Å². The van der Waals surface area contributed by atoms with E-state index >= 15 is 0 Å². The van der Waals surface area contributed by atoms with E-state index in [9.17, 15) is 4.79 Å². The SMILES string of the molecule is Cc1cccc(NC(=O)N2CCN(c3ccccn3)CC2)c1. The fourth-order valence-corrected chi connectivity index (χ4v) is 2.60. The average Bonchev–Trinajstić information content (AvgIpc) is 2.56. The zero-order valence-corrected chi connectivity index (χ0v) is 12.7. The number of piperazine rings is 1. The number of benzene rings is 1. The predicted molar refractivity (Wildman–Crippen MR) is 88.2 cm³/mol. The first-order valence-electron chi connectivity index (χ1n) is 7.51. The lowest BCUT2D eigenvalue weighted by atomic mass is 10.2. The van der Waals surface area contributed by atoms with E-state index in [1.807, 2.05) is 54.3 Å².